The summed E-state index contributed by atoms with van der Waals surface area (Å²) in [7, 11) is 3.40. The highest BCUT2D eigenvalue weighted by atomic mass is 16.5. The van der Waals surface area contributed by atoms with Crippen LogP contribution in [0.1, 0.15) is 36.3 Å². The first-order valence-electron chi connectivity index (χ1n) is 9.88. The number of aromatic nitrogens is 4. The van der Waals surface area contributed by atoms with Crippen molar-refractivity contribution in [1.29, 1.82) is 0 Å². The number of hydrogen-bond acceptors (Lipinski definition) is 5. The molecule has 1 fully saturated rings. The predicted octanol–water partition coefficient (Wildman–Crippen LogP) is 3.28. The van der Waals surface area contributed by atoms with Crippen molar-refractivity contribution < 1.29 is 9.53 Å². The average Bonchev–Trinajstić information content (AvgIpc) is 3.35. The summed E-state index contributed by atoms with van der Waals surface area (Å²) < 4.78 is 7.59. The van der Waals surface area contributed by atoms with Crippen LogP contribution in [0.4, 0.5) is 10.6 Å². The maximum Gasteiger partial charge on any atom is 0.322 e. The Labute approximate surface area is 169 Å². The third-order valence-electron chi connectivity index (χ3n) is 5.19. The second-order valence-electron chi connectivity index (χ2n) is 7.58. The van der Waals surface area contributed by atoms with Crippen LogP contribution in [0.25, 0.3) is 16.7 Å². The summed E-state index contributed by atoms with van der Waals surface area (Å²) in [6, 6.07) is 3.66. The molecule has 0 spiro atoms. The number of amides is 2. The Hall–Kier alpha value is -3.00. The Balaban J connectivity index is 1.81. The minimum absolute atomic E-state index is 0.216. The van der Waals surface area contributed by atoms with E-state index >= 15 is 0 Å². The van der Waals surface area contributed by atoms with E-state index < -0.39 is 0 Å². The van der Waals surface area contributed by atoms with E-state index in [9.17, 15) is 4.79 Å². The van der Waals surface area contributed by atoms with E-state index in [0.717, 1.165) is 47.7 Å². The van der Waals surface area contributed by atoms with Crippen LogP contribution in [0.5, 0.6) is 0 Å². The summed E-state index contributed by atoms with van der Waals surface area (Å²) in [6.07, 6.45) is 5.73. The molecule has 0 aliphatic carbocycles. The van der Waals surface area contributed by atoms with Crippen LogP contribution in [-0.4, -0.2) is 57.8 Å². The van der Waals surface area contributed by atoms with Gasteiger partial charge in [-0.05, 0) is 25.3 Å². The minimum atomic E-state index is -0.216. The number of ether oxygens (including phenoxy) is 1. The van der Waals surface area contributed by atoms with Gasteiger partial charge in [-0.2, -0.15) is 0 Å². The highest BCUT2D eigenvalue weighted by Gasteiger charge is 2.22. The third-order valence-corrected chi connectivity index (χ3v) is 5.19. The molecule has 152 valence electrons. The lowest BCUT2D eigenvalue weighted by Crippen LogP contribution is -2.27. The summed E-state index contributed by atoms with van der Waals surface area (Å²) >= 11 is 0. The molecule has 8 nitrogen and oxygen atoms in total. The molecule has 29 heavy (non-hydrogen) atoms. The summed E-state index contributed by atoms with van der Waals surface area (Å²) in [5, 5.41) is 3.87. The fraction of sp³-hybridized carbons (Fsp3) is 0.429. The minimum Gasteiger partial charge on any atom is -0.381 e. The molecule has 1 N–H and O–H groups in total. The van der Waals surface area contributed by atoms with Crippen molar-refractivity contribution in [3.63, 3.8) is 0 Å². The molecule has 1 unspecified atom stereocenters. The van der Waals surface area contributed by atoms with E-state index in [-0.39, 0.29) is 11.9 Å². The van der Waals surface area contributed by atoms with E-state index in [1.165, 1.54) is 10.5 Å². The summed E-state index contributed by atoms with van der Waals surface area (Å²) in [5.41, 5.74) is 3.06. The van der Waals surface area contributed by atoms with Crippen LogP contribution in [0.15, 0.2) is 24.5 Å². The molecule has 1 atom stereocenters. The first-order chi connectivity index (χ1) is 14.0. The fourth-order valence-corrected chi connectivity index (χ4v) is 3.57. The number of anilines is 1. The number of nitrogens with zero attached hydrogens (tertiary/aromatic N) is 5. The summed E-state index contributed by atoms with van der Waals surface area (Å²) in [6.45, 7) is 5.53. The van der Waals surface area contributed by atoms with Gasteiger partial charge in [-0.15, -0.1) is 0 Å². The molecule has 1 saturated heterocycles. The summed E-state index contributed by atoms with van der Waals surface area (Å²) in [4.78, 5) is 27.4. The Bertz CT molecular complexity index is 1050. The molecular weight excluding hydrogens is 368 g/mol. The van der Waals surface area contributed by atoms with Gasteiger partial charge in [0.15, 0.2) is 0 Å². The zero-order chi connectivity index (χ0) is 20.5. The van der Waals surface area contributed by atoms with Gasteiger partial charge in [0.1, 0.15) is 17.5 Å². The molecule has 8 heteroatoms. The maximum absolute atomic E-state index is 12.0. The van der Waals surface area contributed by atoms with Gasteiger partial charge in [-0.3, -0.25) is 5.32 Å². The maximum atomic E-state index is 12.0. The van der Waals surface area contributed by atoms with Gasteiger partial charge in [0.05, 0.1) is 12.1 Å². The van der Waals surface area contributed by atoms with E-state index in [0.29, 0.717) is 12.4 Å². The van der Waals surface area contributed by atoms with Gasteiger partial charge < -0.3 is 14.2 Å². The normalized spacial score (nSPS) is 16.3. The molecular formula is C21H26N6O2. The number of carbonyl (C=O) groups is 1. The number of aryl methyl sites for hydroxylation is 2. The average molecular weight is 394 g/mol. The number of fused-ring (bicyclic) bond motifs is 1. The number of hydrogen-bond donors (Lipinski definition) is 1. The molecule has 1 aliphatic heterocycles. The lowest BCUT2D eigenvalue weighted by molar-refractivity contribution is 0.193. The number of pyridine rings is 1. The van der Waals surface area contributed by atoms with E-state index in [2.05, 4.69) is 33.0 Å². The lowest BCUT2D eigenvalue weighted by Gasteiger charge is -2.13. The molecule has 2 amide bonds. The largest absolute Gasteiger partial charge is 0.381 e. The number of nitrogens with one attached hydrogen (secondary N) is 1. The molecule has 0 radical (unpaired) electrons. The smallest absolute Gasteiger partial charge is 0.322 e. The van der Waals surface area contributed by atoms with Crippen molar-refractivity contribution >= 4 is 22.8 Å². The van der Waals surface area contributed by atoms with Crippen molar-refractivity contribution in [3.8, 4) is 5.82 Å². The van der Waals surface area contributed by atoms with Crippen LogP contribution in [-0.2, 0) is 11.2 Å². The Morgan fingerprint density at radius 3 is 2.86 bits per heavy atom. The van der Waals surface area contributed by atoms with Crippen LogP contribution >= 0.6 is 0 Å². The van der Waals surface area contributed by atoms with E-state index in [1.54, 1.807) is 14.1 Å². The molecule has 0 aromatic carbocycles. The quantitative estimate of drug-likeness (QED) is 0.734. The van der Waals surface area contributed by atoms with E-state index in [4.69, 9.17) is 9.72 Å². The van der Waals surface area contributed by atoms with Crippen molar-refractivity contribution in [2.24, 2.45) is 0 Å². The standard InChI is InChI=1S/C21H26N6O2/c1-5-14-11-27(17-9-18(22-10-16(14)17)24-21(28)26(3)4)19-8-13(2)23-20(25-19)15-6-7-29-12-15/h8-11,15H,5-7,12H2,1-4H3,(H,22,24,28). The molecule has 4 rings (SSSR count). The highest BCUT2D eigenvalue weighted by molar-refractivity contribution is 5.92. The van der Waals surface area contributed by atoms with Gasteiger partial charge in [0.25, 0.3) is 0 Å². The molecule has 1 aliphatic rings. The zero-order valence-electron chi connectivity index (χ0n) is 17.3. The second-order valence-corrected chi connectivity index (χ2v) is 7.58. The van der Waals surface area contributed by atoms with Gasteiger partial charge >= 0.3 is 6.03 Å². The second kappa shape index (κ2) is 7.79. The van der Waals surface area contributed by atoms with Gasteiger partial charge in [-0.25, -0.2) is 19.7 Å². The third kappa shape index (κ3) is 3.80. The SMILES string of the molecule is CCc1cn(-c2cc(C)nc(C3CCOC3)n2)c2cc(NC(=O)N(C)C)ncc12. The Morgan fingerprint density at radius 2 is 2.17 bits per heavy atom. The molecule has 0 bridgehead atoms. The van der Waals surface area contributed by atoms with E-state index in [1.807, 2.05) is 25.3 Å². The van der Waals surface area contributed by atoms with Crippen LogP contribution in [0, 0.1) is 6.92 Å². The first kappa shape index (κ1) is 19.3. The first-order valence-corrected chi connectivity index (χ1v) is 9.88. The molecule has 4 heterocycles. The van der Waals surface area contributed by atoms with Crippen LogP contribution in [0.2, 0.25) is 0 Å². The van der Waals surface area contributed by atoms with Crippen molar-refractivity contribution in [2.75, 3.05) is 32.6 Å². The Kier molecular flexibility index (Phi) is 5.19. The lowest BCUT2D eigenvalue weighted by atomic mass is 10.1. The topological polar surface area (TPSA) is 85.2 Å². The monoisotopic (exact) mass is 394 g/mol. The van der Waals surface area contributed by atoms with Gasteiger partial charge in [-0.1, -0.05) is 6.92 Å². The van der Waals surface area contributed by atoms with Crippen LogP contribution < -0.4 is 5.32 Å². The van der Waals surface area contributed by atoms with Crippen molar-refractivity contribution in [3.05, 3.63) is 41.6 Å². The molecule has 3 aromatic rings. The van der Waals surface area contributed by atoms with Gasteiger partial charge in [0.2, 0.25) is 0 Å². The number of rotatable bonds is 4. The summed E-state index contributed by atoms with van der Waals surface area (Å²) in [5.74, 6) is 2.39. The molecule has 0 saturated carbocycles. The van der Waals surface area contributed by atoms with Gasteiger partial charge in [0, 0.05) is 62.2 Å². The van der Waals surface area contributed by atoms with Crippen molar-refractivity contribution in [2.45, 2.75) is 32.6 Å². The number of urea groups is 1. The zero-order valence-corrected chi connectivity index (χ0v) is 17.3. The van der Waals surface area contributed by atoms with Crippen molar-refractivity contribution in [1.82, 2.24) is 24.4 Å². The molecule has 3 aromatic heterocycles. The highest BCUT2D eigenvalue weighted by Crippen LogP contribution is 2.28. The van der Waals surface area contributed by atoms with Crippen LogP contribution in [0.3, 0.4) is 0 Å². The number of carbonyl (C=O) groups excluding carboxylic acids is 1. The predicted molar refractivity (Wildman–Crippen MR) is 112 cm³/mol. The fourth-order valence-electron chi connectivity index (χ4n) is 3.57. The Morgan fingerprint density at radius 1 is 1.34 bits per heavy atom.